The standard InChI is InChI=1S/C19H16BrClF3NO4/c1-28-17(29-2)15(16(26)10-3-6-12(21)7-4-10)13-8-5-11(20)9-14(13)25-18(27)19(22,23)24/h3-9,15,17H,1-2H3,(H,25,27). The van der Waals surface area contributed by atoms with Gasteiger partial charge < -0.3 is 14.8 Å². The maximum absolute atomic E-state index is 13.2. The van der Waals surface area contributed by atoms with E-state index in [9.17, 15) is 22.8 Å². The van der Waals surface area contributed by atoms with Gasteiger partial charge in [0.25, 0.3) is 0 Å². The zero-order valence-corrected chi connectivity index (χ0v) is 17.6. The molecule has 0 aliphatic heterocycles. The van der Waals surface area contributed by atoms with E-state index in [1.165, 1.54) is 56.7 Å². The molecule has 5 nitrogen and oxygen atoms in total. The van der Waals surface area contributed by atoms with E-state index in [0.717, 1.165) is 0 Å². The van der Waals surface area contributed by atoms with Crippen LogP contribution in [0.25, 0.3) is 0 Å². The summed E-state index contributed by atoms with van der Waals surface area (Å²) >= 11 is 9.01. The fourth-order valence-electron chi connectivity index (χ4n) is 2.67. The molecule has 1 N–H and O–H groups in total. The summed E-state index contributed by atoms with van der Waals surface area (Å²) in [5, 5.41) is 2.22. The lowest BCUT2D eigenvalue weighted by Crippen LogP contribution is -2.33. The van der Waals surface area contributed by atoms with Crippen LogP contribution in [0.4, 0.5) is 18.9 Å². The highest BCUT2D eigenvalue weighted by atomic mass is 79.9. The molecule has 0 spiro atoms. The molecule has 29 heavy (non-hydrogen) atoms. The Morgan fingerprint density at radius 1 is 1.07 bits per heavy atom. The minimum Gasteiger partial charge on any atom is -0.355 e. The molecule has 156 valence electrons. The fourth-order valence-corrected chi connectivity index (χ4v) is 3.16. The van der Waals surface area contributed by atoms with Crippen molar-refractivity contribution in [3.05, 3.63) is 63.1 Å². The fraction of sp³-hybridized carbons (Fsp3) is 0.263. The highest BCUT2D eigenvalue weighted by molar-refractivity contribution is 9.10. The normalized spacial score (nSPS) is 12.7. The van der Waals surface area contributed by atoms with E-state index in [2.05, 4.69) is 15.9 Å². The van der Waals surface area contributed by atoms with Crippen LogP contribution in [-0.2, 0) is 14.3 Å². The van der Waals surface area contributed by atoms with Gasteiger partial charge in [-0.15, -0.1) is 0 Å². The van der Waals surface area contributed by atoms with Crippen molar-refractivity contribution in [1.29, 1.82) is 0 Å². The first-order chi connectivity index (χ1) is 13.6. The minimum absolute atomic E-state index is 0.0967. The summed E-state index contributed by atoms with van der Waals surface area (Å²) in [5.74, 6) is -3.82. The molecule has 2 aromatic rings. The van der Waals surface area contributed by atoms with Crippen molar-refractivity contribution in [3.8, 4) is 0 Å². The topological polar surface area (TPSA) is 64.6 Å². The van der Waals surface area contributed by atoms with Gasteiger partial charge in [-0.2, -0.15) is 13.2 Å². The number of hydrogen-bond acceptors (Lipinski definition) is 4. The maximum Gasteiger partial charge on any atom is 0.471 e. The molecule has 1 amide bonds. The monoisotopic (exact) mass is 493 g/mol. The zero-order chi connectivity index (χ0) is 21.8. The van der Waals surface area contributed by atoms with Gasteiger partial charge in [0, 0.05) is 35.0 Å². The summed E-state index contributed by atoms with van der Waals surface area (Å²) in [5.41, 5.74) is 0.141. The third-order valence-corrected chi connectivity index (χ3v) is 4.75. The molecule has 1 unspecified atom stereocenters. The summed E-state index contributed by atoms with van der Waals surface area (Å²) in [4.78, 5) is 24.7. The third kappa shape index (κ3) is 5.79. The van der Waals surface area contributed by atoms with Crippen molar-refractivity contribution >= 4 is 44.9 Å². The second-order valence-electron chi connectivity index (χ2n) is 5.87. The zero-order valence-electron chi connectivity index (χ0n) is 15.2. The first kappa shape index (κ1) is 23.3. The molecular formula is C19H16BrClF3NO4. The molecule has 0 aliphatic rings. The Morgan fingerprint density at radius 2 is 1.66 bits per heavy atom. The van der Waals surface area contributed by atoms with Crippen molar-refractivity contribution in [2.24, 2.45) is 0 Å². The van der Waals surface area contributed by atoms with E-state index in [1.54, 1.807) is 0 Å². The lowest BCUT2D eigenvalue weighted by molar-refractivity contribution is -0.167. The molecule has 0 saturated carbocycles. The molecule has 0 heterocycles. The van der Waals surface area contributed by atoms with Gasteiger partial charge in [0.2, 0.25) is 0 Å². The van der Waals surface area contributed by atoms with Crippen LogP contribution in [0.5, 0.6) is 0 Å². The van der Waals surface area contributed by atoms with Gasteiger partial charge in [-0.1, -0.05) is 33.6 Å². The molecule has 10 heteroatoms. The maximum atomic E-state index is 13.2. The van der Waals surface area contributed by atoms with E-state index in [1.807, 2.05) is 5.32 Å². The molecule has 0 radical (unpaired) electrons. The van der Waals surface area contributed by atoms with Crippen molar-refractivity contribution in [2.45, 2.75) is 18.4 Å². The third-order valence-electron chi connectivity index (χ3n) is 4.00. The Hall–Kier alpha value is -1.94. The number of ketones is 1. The lowest BCUT2D eigenvalue weighted by atomic mass is 9.88. The molecule has 0 saturated heterocycles. The number of carbonyl (C=O) groups excluding carboxylic acids is 2. The van der Waals surface area contributed by atoms with E-state index in [0.29, 0.717) is 9.50 Å². The van der Waals surface area contributed by atoms with Crippen LogP contribution in [0.1, 0.15) is 21.8 Å². The number of nitrogens with one attached hydrogen (secondary N) is 1. The Morgan fingerprint density at radius 3 is 2.17 bits per heavy atom. The first-order valence-electron chi connectivity index (χ1n) is 8.11. The van der Waals surface area contributed by atoms with Crippen LogP contribution in [0.2, 0.25) is 5.02 Å². The number of carbonyl (C=O) groups is 2. The SMILES string of the molecule is COC(OC)C(C(=O)c1ccc(Cl)cc1)c1ccc(Br)cc1NC(=O)C(F)(F)F. The average Bonchev–Trinajstić information content (AvgIpc) is 2.66. The summed E-state index contributed by atoms with van der Waals surface area (Å²) in [7, 11) is 2.59. The van der Waals surface area contributed by atoms with Gasteiger partial charge in [-0.05, 0) is 42.0 Å². The van der Waals surface area contributed by atoms with Gasteiger partial charge >= 0.3 is 12.1 Å². The van der Waals surface area contributed by atoms with Crippen molar-refractivity contribution in [1.82, 2.24) is 0 Å². The highest BCUT2D eigenvalue weighted by Crippen LogP contribution is 2.35. The van der Waals surface area contributed by atoms with E-state index in [-0.39, 0.29) is 16.8 Å². The summed E-state index contributed by atoms with van der Waals surface area (Å²) in [6, 6.07) is 10.2. The second kappa shape index (κ2) is 9.71. The molecule has 2 rings (SSSR count). The van der Waals surface area contributed by atoms with Crippen molar-refractivity contribution in [2.75, 3.05) is 19.5 Å². The van der Waals surface area contributed by atoms with Crippen LogP contribution in [0, 0.1) is 0 Å². The predicted octanol–water partition coefficient (Wildman–Crippen LogP) is 5.19. The summed E-state index contributed by atoms with van der Waals surface area (Å²) in [6.45, 7) is 0. The van der Waals surface area contributed by atoms with Crippen LogP contribution >= 0.6 is 27.5 Å². The van der Waals surface area contributed by atoms with Crippen molar-refractivity contribution in [3.63, 3.8) is 0 Å². The van der Waals surface area contributed by atoms with Crippen LogP contribution in [-0.4, -0.2) is 38.4 Å². The van der Waals surface area contributed by atoms with E-state index in [4.69, 9.17) is 21.1 Å². The van der Waals surface area contributed by atoms with Crippen LogP contribution in [0.15, 0.2) is 46.9 Å². The van der Waals surface area contributed by atoms with Gasteiger partial charge in [0.1, 0.15) is 5.92 Å². The van der Waals surface area contributed by atoms with E-state index < -0.39 is 30.1 Å². The number of alkyl halides is 3. The Balaban J connectivity index is 2.57. The smallest absolute Gasteiger partial charge is 0.355 e. The number of amides is 1. The van der Waals surface area contributed by atoms with Gasteiger partial charge in [-0.25, -0.2) is 0 Å². The highest BCUT2D eigenvalue weighted by Gasteiger charge is 2.40. The molecular weight excluding hydrogens is 479 g/mol. The quantitative estimate of drug-likeness (QED) is 0.425. The molecule has 0 bridgehead atoms. The number of rotatable bonds is 7. The van der Waals surface area contributed by atoms with Crippen LogP contribution < -0.4 is 5.32 Å². The summed E-state index contributed by atoms with van der Waals surface area (Å²) in [6.07, 6.45) is -6.22. The Bertz CT molecular complexity index is 886. The number of benzene rings is 2. The van der Waals surface area contributed by atoms with Gasteiger partial charge in [0.05, 0.1) is 0 Å². The van der Waals surface area contributed by atoms with E-state index >= 15 is 0 Å². The van der Waals surface area contributed by atoms with Gasteiger partial charge in [-0.3, -0.25) is 9.59 Å². The minimum atomic E-state index is -5.10. The average molecular weight is 495 g/mol. The predicted molar refractivity (Wildman–Crippen MR) is 105 cm³/mol. The molecule has 0 fully saturated rings. The Labute approximate surface area is 178 Å². The molecule has 2 aromatic carbocycles. The number of ether oxygens (including phenoxy) is 2. The second-order valence-corrected chi connectivity index (χ2v) is 7.22. The first-order valence-corrected chi connectivity index (χ1v) is 9.28. The molecule has 1 atom stereocenters. The molecule has 0 aliphatic carbocycles. The number of anilines is 1. The number of Topliss-reactive ketones (excluding diaryl/α,β-unsaturated/α-hetero) is 1. The van der Waals surface area contributed by atoms with Crippen molar-refractivity contribution < 1.29 is 32.2 Å². The largest absolute Gasteiger partial charge is 0.471 e. The Kier molecular flexibility index (Phi) is 7.81. The summed E-state index contributed by atoms with van der Waals surface area (Å²) < 4.78 is 49.2. The van der Waals surface area contributed by atoms with Gasteiger partial charge in [0.15, 0.2) is 12.1 Å². The number of hydrogen-bond donors (Lipinski definition) is 1. The number of methoxy groups -OCH3 is 2. The number of halogens is 5. The molecule has 0 aromatic heterocycles. The lowest BCUT2D eigenvalue weighted by Gasteiger charge is -2.26. The van der Waals surface area contributed by atoms with Crippen LogP contribution in [0.3, 0.4) is 0 Å².